The van der Waals surface area contributed by atoms with E-state index in [0.717, 1.165) is 17.8 Å². The standard InChI is InChI=1S/C23H24F3N3O5/c1-29(2)16-8-6-13(7-9-16)21(30)28-17-11-32-20-18(12-33-19(17)20)34-22(31)27-15-5-3-4-14(10-15)23(24,25)26/h3-10,17-20H,11-12H2,1-2H3,(H,27,31)(H,28,30)/t17-,18-,19-,20+/m1/s1. The number of nitrogens with one attached hydrogen (secondary N) is 2. The molecule has 2 aliphatic heterocycles. The lowest BCUT2D eigenvalue weighted by Crippen LogP contribution is -2.44. The van der Waals surface area contributed by atoms with E-state index in [1.807, 2.05) is 31.1 Å². The Balaban J connectivity index is 1.31. The number of hydrogen-bond donors (Lipinski definition) is 2. The van der Waals surface area contributed by atoms with E-state index in [1.54, 1.807) is 12.1 Å². The lowest BCUT2D eigenvalue weighted by atomic mass is 10.1. The highest BCUT2D eigenvalue weighted by Crippen LogP contribution is 2.32. The lowest BCUT2D eigenvalue weighted by molar-refractivity contribution is -0.137. The molecule has 2 aliphatic rings. The van der Waals surface area contributed by atoms with Crippen molar-refractivity contribution in [2.24, 2.45) is 0 Å². The molecular weight excluding hydrogens is 455 g/mol. The molecule has 2 aromatic rings. The maximum atomic E-state index is 12.9. The lowest BCUT2D eigenvalue weighted by Gasteiger charge is -2.18. The number of carbonyl (C=O) groups is 2. The van der Waals surface area contributed by atoms with Crippen molar-refractivity contribution in [1.82, 2.24) is 5.32 Å². The van der Waals surface area contributed by atoms with Gasteiger partial charge in [-0.05, 0) is 42.5 Å². The first-order valence-electron chi connectivity index (χ1n) is 10.6. The summed E-state index contributed by atoms with van der Waals surface area (Å²) in [6.07, 6.45) is -7.34. The van der Waals surface area contributed by atoms with E-state index in [9.17, 15) is 22.8 Å². The Kier molecular flexibility index (Phi) is 6.67. The zero-order valence-corrected chi connectivity index (χ0v) is 18.5. The van der Waals surface area contributed by atoms with Crippen LogP contribution in [0.2, 0.25) is 0 Å². The Labute approximate surface area is 194 Å². The summed E-state index contributed by atoms with van der Waals surface area (Å²) in [5.41, 5.74) is 0.514. The molecule has 0 bridgehead atoms. The molecular formula is C23H24F3N3O5. The largest absolute Gasteiger partial charge is 0.441 e. The van der Waals surface area contributed by atoms with Crippen LogP contribution in [0.25, 0.3) is 0 Å². The van der Waals surface area contributed by atoms with Gasteiger partial charge in [0.2, 0.25) is 0 Å². The molecule has 182 valence electrons. The molecule has 2 heterocycles. The average Bonchev–Trinajstić information content (AvgIpc) is 3.36. The number of halogens is 3. The van der Waals surface area contributed by atoms with E-state index in [-0.39, 0.29) is 24.8 Å². The molecule has 2 N–H and O–H groups in total. The number of fused-ring (bicyclic) bond motifs is 1. The topological polar surface area (TPSA) is 89.1 Å². The molecule has 2 saturated heterocycles. The van der Waals surface area contributed by atoms with Gasteiger partial charge in [-0.2, -0.15) is 13.2 Å². The van der Waals surface area contributed by atoms with E-state index < -0.39 is 42.2 Å². The third-order valence-corrected chi connectivity index (χ3v) is 5.67. The Morgan fingerprint density at radius 3 is 2.41 bits per heavy atom. The average molecular weight is 479 g/mol. The van der Waals surface area contributed by atoms with Crippen LogP contribution in [0.5, 0.6) is 0 Å². The third-order valence-electron chi connectivity index (χ3n) is 5.67. The quantitative estimate of drug-likeness (QED) is 0.685. The second-order valence-electron chi connectivity index (χ2n) is 8.26. The second kappa shape index (κ2) is 9.51. The molecule has 8 nitrogen and oxygen atoms in total. The maximum Gasteiger partial charge on any atom is 0.416 e. The van der Waals surface area contributed by atoms with Gasteiger partial charge in [-0.15, -0.1) is 0 Å². The predicted molar refractivity (Wildman–Crippen MR) is 117 cm³/mol. The minimum absolute atomic E-state index is 0.0370. The number of amides is 2. The Bertz CT molecular complexity index is 1040. The second-order valence-corrected chi connectivity index (χ2v) is 8.26. The fourth-order valence-corrected chi connectivity index (χ4v) is 3.91. The van der Waals surface area contributed by atoms with Crippen molar-refractivity contribution in [2.75, 3.05) is 37.5 Å². The summed E-state index contributed by atoms with van der Waals surface area (Å²) in [7, 11) is 3.81. The van der Waals surface area contributed by atoms with Crippen LogP contribution in [0.3, 0.4) is 0 Å². The number of hydrogen-bond acceptors (Lipinski definition) is 6. The van der Waals surface area contributed by atoms with Gasteiger partial charge in [0.25, 0.3) is 5.91 Å². The fraction of sp³-hybridized carbons (Fsp3) is 0.391. The summed E-state index contributed by atoms with van der Waals surface area (Å²) in [5, 5.41) is 5.18. The number of ether oxygens (including phenoxy) is 3. The minimum atomic E-state index is -4.53. The van der Waals surface area contributed by atoms with Gasteiger partial charge in [-0.1, -0.05) is 6.07 Å². The summed E-state index contributed by atoms with van der Waals surface area (Å²) in [6, 6.07) is 10.9. The maximum absolute atomic E-state index is 12.9. The van der Waals surface area contributed by atoms with Crippen LogP contribution in [-0.4, -0.2) is 63.7 Å². The van der Waals surface area contributed by atoms with Crippen LogP contribution in [0.4, 0.5) is 29.3 Å². The molecule has 0 aromatic heterocycles. The molecule has 11 heteroatoms. The first-order chi connectivity index (χ1) is 16.1. The summed E-state index contributed by atoms with van der Waals surface area (Å²) in [5.74, 6) is -0.283. The molecule has 4 atom stereocenters. The number of benzene rings is 2. The smallest absolute Gasteiger partial charge is 0.416 e. The van der Waals surface area contributed by atoms with Crippen molar-refractivity contribution in [3.8, 4) is 0 Å². The number of alkyl halides is 3. The van der Waals surface area contributed by atoms with Crippen LogP contribution in [0.15, 0.2) is 48.5 Å². The molecule has 2 aromatic carbocycles. The molecule has 4 rings (SSSR count). The van der Waals surface area contributed by atoms with Crippen molar-refractivity contribution in [1.29, 1.82) is 0 Å². The molecule has 34 heavy (non-hydrogen) atoms. The van der Waals surface area contributed by atoms with Crippen molar-refractivity contribution >= 4 is 23.4 Å². The van der Waals surface area contributed by atoms with E-state index in [4.69, 9.17) is 14.2 Å². The highest BCUT2D eigenvalue weighted by molar-refractivity contribution is 5.94. The normalized spacial score (nSPS) is 23.8. The van der Waals surface area contributed by atoms with Crippen molar-refractivity contribution < 1.29 is 37.0 Å². The Morgan fingerprint density at radius 2 is 1.74 bits per heavy atom. The first kappa shape index (κ1) is 23.8. The zero-order valence-electron chi connectivity index (χ0n) is 18.5. The summed E-state index contributed by atoms with van der Waals surface area (Å²) in [4.78, 5) is 26.8. The monoisotopic (exact) mass is 479 g/mol. The van der Waals surface area contributed by atoms with Crippen LogP contribution < -0.4 is 15.5 Å². The summed E-state index contributed by atoms with van der Waals surface area (Å²) < 4.78 is 55.3. The molecule has 0 radical (unpaired) electrons. The number of carbonyl (C=O) groups excluding carboxylic acids is 2. The predicted octanol–water partition coefficient (Wildman–Crippen LogP) is 3.28. The van der Waals surface area contributed by atoms with Crippen molar-refractivity contribution in [3.63, 3.8) is 0 Å². The molecule has 2 amide bonds. The van der Waals surface area contributed by atoms with Crippen LogP contribution >= 0.6 is 0 Å². The molecule has 0 saturated carbocycles. The SMILES string of the molecule is CN(C)c1ccc(C(=O)N[C@@H]2CO[C@@H]3[C@@H]2OC[C@H]3OC(=O)Nc2cccc(C(F)(F)F)c2)cc1. The summed E-state index contributed by atoms with van der Waals surface area (Å²) in [6.45, 7) is 0.210. The third kappa shape index (κ3) is 5.26. The first-order valence-corrected chi connectivity index (χ1v) is 10.6. The summed E-state index contributed by atoms with van der Waals surface area (Å²) >= 11 is 0. The van der Waals surface area contributed by atoms with Crippen LogP contribution in [0.1, 0.15) is 15.9 Å². The van der Waals surface area contributed by atoms with Crippen LogP contribution in [-0.2, 0) is 20.4 Å². The van der Waals surface area contributed by atoms with E-state index in [0.29, 0.717) is 5.56 Å². The zero-order chi connectivity index (χ0) is 24.5. The van der Waals surface area contributed by atoms with Gasteiger partial charge < -0.3 is 24.4 Å². The molecule has 0 aliphatic carbocycles. The highest BCUT2D eigenvalue weighted by atomic mass is 19.4. The van der Waals surface area contributed by atoms with Gasteiger partial charge in [0.05, 0.1) is 24.8 Å². The number of nitrogens with zero attached hydrogens (tertiary/aromatic N) is 1. The number of rotatable bonds is 5. The van der Waals surface area contributed by atoms with Gasteiger partial charge in [0.1, 0.15) is 12.2 Å². The molecule has 0 unspecified atom stereocenters. The molecule has 0 spiro atoms. The minimum Gasteiger partial charge on any atom is -0.441 e. The van der Waals surface area contributed by atoms with E-state index >= 15 is 0 Å². The van der Waals surface area contributed by atoms with Crippen molar-refractivity contribution in [3.05, 3.63) is 59.7 Å². The Hall–Kier alpha value is -3.31. The van der Waals surface area contributed by atoms with Gasteiger partial charge in [-0.3, -0.25) is 10.1 Å². The van der Waals surface area contributed by atoms with E-state index in [1.165, 1.54) is 12.1 Å². The van der Waals surface area contributed by atoms with Crippen molar-refractivity contribution in [2.45, 2.75) is 30.5 Å². The van der Waals surface area contributed by atoms with Gasteiger partial charge >= 0.3 is 12.3 Å². The van der Waals surface area contributed by atoms with Gasteiger partial charge in [0.15, 0.2) is 6.10 Å². The molecule has 2 fully saturated rings. The number of anilines is 2. The van der Waals surface area contributed by atoms with Crippen LogP contribution in [0, 0.1) is 0 Å². The van der Waals surface area contributed by atoms with E-state index in [2.05, 4.69) is 10.6 Å². The van der Waals surface area contributed by atoms with Gasteiger partial charge in [-0.25, -0.2) is 4.79 Å². The highest BCUT2D eigenvalue weighted by Gasteiger charge is 2.50. The Morgan fingerprint density at radius 1 is 1.03 bits per heavy atom. The fourth-order valence-electron chi connectivity index (χ4n) is 3.91. The van der Waals surface area contributed by atoms with Gasteiger partial charge in [0, 0.05) is 31.0 Å².